The molecule has 1 aliphatic heterocycles. The van der Waals surface area contributed by atoms with Crippen LogP contribution in [0.5, 0.6) is 0 Å². The average molecular weight is 241 g/mol. The summed E-state index contributed by atoms with van der Waals surface area (Å²) in [5, 5.41) is 3.31. The van der Waals surface area contributed by atoms with Crippen molar-refractivity contribution in [3.05, 3.63) is 0 Å². The van der Waals surface area contributed by atoms with Gasteiger partial charge >= 0.3 is 0 Å². The maximum Gasteiger partial charge on any atom is 0.239 e. The molecule has 1 heterocycles. The molecule has 0 radical (unpaired) electrons. The van der Waals surface area contributed by atoms with Crippen molar-refractivity contribution in [1.29, 1.82) is 0 Å². The Balaban J connectivity index is 2.38. The van der Waals surface area contributed by atoms with Crippen LogP contribution in [0.15, 0.2) is 0 Å². The van der Waals surface area contributed by atoms with Gasteiger partial charge in [0.15, 0.2) is 0 Å². The monoisotopic (exact) mass is 241 g/mol. The zero-order valence-corrected chi connectivity index (χ0v) is 11.7. The molecule has 1 saturated heterocycles. The summed E-state index contributed by atoms with van der Waals surface area (Å²) in [6.07, 6.45) is 1.08. The smallest absolute Gasteiger partial charge is 0.239 e. The van der Waals surface area contributed by atoms with E-state index in [0.29, 0.717) is 5.92 Å². The van der Waals surface area contributed by atoms with Crippen molar-refractivity contribution in [2.75, 3.05) is 39.8 Å². The van der Waals surface area contributed by atoms with E-state index in [9.17, 15) is 4.79 Å². The van der Waals surface area contributed by atoms with Crippen molar-refractivity contribution >= 4 is 5.91 Å². The van der Waals surface area contributed by atoms with Crippen LogP contribution in [0, 0.1) is 5.92 Å². The van der Waals surface area contributed by atoms with Crippen LogP contribution in [0.25, 0.3) is 0 Å². The summed E-state index contributed by atoms with van der Waals surface area (Å²) in [5.41, 5.74) is 0. The van der Waals surface area contributed by atoms with Gasteiger partial charge in [-0.15, -0.1) is 0 Å². The number of nitrogens with one attached hydrogen (secondary N) is 1. The summed E-state index contributed by atoms with van der Waals surface area (Å²) >= 11 is 0. The first-order valence-electron chi connectivity index (χ1n) is 6.72. The maximum absolute atomic E-state index is 12.2. The summed E-state index contributed by atoms with van der Waals surface area (Å²) in [6.45, 7) is 11.2. The van der Waals surface area contributed by atoms with E-state index in [4.69, 9.17) is 0 Å². The van der Waals surface area contributed by atoms with Gasteiger partial charge < -0.3 is 10.2 Å². The Morgan fingerprint density at radius 1 is 1.29 bits per heavy atom. The second kappa shape index (κ2) is 6.97. The van der Waals surface area contributed by atoms with Gasteiger partial charge in [-0.1, -0.05) is 13.8 Å². The Labute approximate surface area is 105 Å². The summed E-state index contributed by atoms with van der Waals surface area (Å²) in [5.74, 6) is 0.910. The molecule has 0 aromatic rings. The van der Waals surface area contributed by atoms with Gasteiger partial charge in [-0.05, 0) is 19.3 Å². The Morgan fingerprint density at radius 2 is 1.88 bits per heavy atom. The van der Waals surface area contributed by atoms with Crippen LogP contribution in [0.1, 0.15) is 27.2 Å². The number of carbonyl (C=O) groups excluding carboxylic acids is 1. The molecule has 0 saturated carbocycles. The Bertz CT molecular complexity index is 237. The lowest BCUT2D eigenvalue weighted by Crippen LogP contribution is -2.53. The molecule has 1 rings (SSSR count). The lowest BCUT2D eigenvalue weighted by Gasteiger charge is -2.34. The van der Waals surface area contributed by atoms with Crippen LogP contribution in [0.4, 0.5) is 0 Å². The first kappa shape index (κ1) is 14.5. The highest BCUT2D eigenvalue weighted by Crippen LogP contribution is 2.07. The van der Waals surface area contributed by atoms with Gasteiger partial charge in [-0.2, -0.15) is 0 Å². The van der Waals surface area contributed by atoms with E-state index >= 15 is 0 Å². The quantitative estimate of drug-likeness (QED) is 0.773. The number of hydrogen-bond acceptors (Lipinski definition) is 3. The maximum atomic E-state index is 12.2. The second-order valence-electron chi connectivity index (χ2n) is 5.40. The lowest BCUT2D eigenvalue weighted by molar-refractivity contribution is -0.135. The van der Waals surface area contributed by atoms with Gasteiger partial charge in [0.2, 0.25) is 5.91 Å². The van der Waals surface area contributed by atoms with Crippen molar-refractivity contribution in [3.8, 4) is 0 Å². The molecule has 0 aromatic heterocycles. The third-order valence-electron chi connectivity index (χ3n) is 3.47. The van der Waals surface area contributed by atoms with Crippen molar-refractivity contribution in [1.82, 2.24) is 15.1 Å². The molecule has 1 unspecified atom stereocenters. The number of rotatable bonds is 5. The molecule has 1 N–H and O–H groups in total. The molecule has 0 bridgehead atoms. The van der Waals surface area contributed by atoms with Crippen LogP contribution in [0.3, 0.4) is 0 Å². The van der Waals surface area contributed by atoms with Crippen LogP contribution >= 0.6 is 0 Å². The molecule has 100 valence electrons. The minimum Gasteiger partial charge on any atom is -0.344 e. The number of nitrogens with zero attached hydrogens (tertiary/aromatic N) is 2. The number of likely N-dealkylation sites (N-methyl/N-ethyl adjacent to an activating group) is 1. The first-order valence-corrected chi connectivity index (χ1v) is 6.72. The van der Waals surface area contributed by atoms with Crippen LogP contribution in [0.2, 0.25) is 0 Å². The van der Waals surface area contributed by atoms with Crippen LogP contribution < -0.4 is 5.32 Å². The molecule has 4 nitrogen and oxygen atoms in total. The predicted octanol–water partition coefficient (Wildman–Crippen LogP) is 0.785. The van der Waals surface area contributed by atoms with Crippen molar-refractivity contribution in [2.45, 2.75) is 33.2 Å². The average Bonchev–Trinajstić information content (AvgIpc) is 2.35. The topological polar surface area (TPSA) is 35.6 Å². The van der Waals surface area contributed by atoms with Gasteiger partial charge in [-0.3, -0.25) is 9.69 Å². The minimum absolute atomic E-state index is 0.0225. The molecule has 1 aliphatic rings. The van der Waals surface area contributed by atoms with E-state index in [1.807, 2.05) is 18.9 Å². The summed E-state index contributed by atoms with van der Waals surface area (Å²) in [6, 6.07) is 0.0225. The van der Waals surface area contributed by atoms with Gasteiger partial charge in [0, 0.05) is 39.8 Å². The lowest BCUT2D eigenvalue weighted by atomic mass is 10.1. The molecule has 17 heavy (non-hydrogen) atoms. The zero-order valence-electron chi connectivity index (χ0n) is 11.7. The molecule has 1 atom stereocenters. The molecule has 0 aliphatic carbocycles. The van der Waals surface area contributed by atoms with Gasteiger partial charge in [-0.25, -0.2) is 0 Å². The number of amides is 1. The van der Waals surface area contributed by atoms with E-state index in [-0.39, 0.29) is 11.9 Å². The molecular weight excluding hydrogens is 214 g/mol. The predicted molar refractivity (Wildman–Crippen MR) is 71.0 cm³/mol. The van der Waals surface area contributed by atoms with E-state index in [0.717, 1.165) is 39.1 Å². The SMILES string of the molecule is CC(C)CCN(C)C(=O)C(C)N1CCNCC1. The van der Waals surface area contributed by atoms with Crippen molar-refractivity contribution < 1.29 is 4.79 Å². The van der Waals surface area contributed by atoms with E-state index < -0.39 is 0 Å². The van der Waals surface area contributed by atoms with Gasteiger partial charge in [0.25, 0.3) is 0 Å². The van der Waals surface area contributed by atoms with Crippen molar-refractivity contribution in [2.24, 2.45) is 5.92 Å². The molecular formula is C13H27N3O. The molecule has 0 aromatic carbocycles. The Kier molecular flexibility index (Phi) is 5.92. The Hall–Kier alpha value is -0.610. The molecule has 0 spiro atoms. The fraction of sp³-hybridized carbons (Fsp3) is 0.923. The second-order valence-corrected chi connectivity index (χ2v) is 5.40. The van der Waals surface area contributed by atoms with E-state index in [1.54, 1.807) is 0 Å². The van der Waals surface area contributed by atoms with Gasteiger partial charge in [0.1, 0.15) is 0 Å². The van der Waals surface area contributed by atoms with Crippen LogP contribution in [-0.2, 0) is 4.79 Å². The molecule has 1 amide bonds. The Morgan fingerprint density at radius 3 is 2.41 bits per heavy atom. The van der Waals surface area contributed by atoms with E-state index in [2.05, 4.69) is 24.1 Å². The first-order chi connectivity index (χ1) is 8.02. The number of carbonyl (C=O) groups is 1. The third kappa shape index (κ3) is 4.64. The number of piperazine rings is 1. The van der Waals surface area contributed by atoms with Gasteiger partial charge in [0.05, 0.1) is 6.04 Å². The number of hydrogen-bond donors (Lipinski definition) is 1. The zero-order chi connectivity index (χ0) is 12.8. The largest absolute Gasteiger partial charge is 0.344 e. The standard InChI is InChI=1S/C13H27N3O/c1-11(2)5-8-15(4)13(17)12(3)16-9-6-14-7-10-16/h11-12,14H,5-10H2,1-4H3. The highest BCUT2D eigenvalue weighted by atomic mass is 16.2. The summed E-state index contributed by atoms with van der Waals surface area (Å²) in [7, 11) is 1.92. The molecule has 1 fully saturated rings. The molecule has 4 heteroatoms. The summed E-state index contributed by atoms with van der Waals surface area (Å²) < 4.78 is 0. The highest BCUT2D eigenvalue weighted by molar-refractivity contribution is 5.81. The summed E-state index contributed by atoms with van der Waals surface area (Å²) in [4.78, 5) is 16.4. The normalized spacial score (nSPS) is 19.4. The van der Waals surface area contributed by atoms with Crippen LogP contribution in [-0.4, -0.2) is 61.5 Å². The third-order valence-corrected chi connectivity index (χ3v) is 3.47. The highest BCUT2D eigenvalue weighted by Gasteiger charge is 2.24. The minimum atomic E-state index is 0.0225. The van der Waals surface area contributed by atoms with E-state index in [1.165, 1.54) is 0 Å². The van der Waals surface area contributed by atoms with Crippen molar-refractivity contribution in [3.63, 3.8) is 0 Å². The fourth-order valence-electron chi connectivity index (χ4n) is 2.11. The fourth-order valence-corrected chi connectivity index (χ4v) is 2.11.